The summed E-state index contributed by atoms with van der Waals surface area (Å²) < 4.78 is 1.97. The van der Waals surface area contributed by atoms with Crippen LogP contribution in [-0.4, -0.2) is 59.1 Å². The fourth-order valence-corrected chi connectivity index (χ4v) is 2.34. The fraction of sp³-hybridized carbons (Fsp3) is 0.692. The van der Waals surface area contributed by atoms with Gasteiger partial charge < -0.3 is 15.2 Å². The van der Waals surface area contributed by atoms with Gasteiger partial charge in [0.15, 0.2) is 0 Å². The molecule has 0 aromatic carbocycles. The second-order valence-corrected chi connectivity index (χ2v) is 5.11. The van der Waals surface area contributed by atoms with Crippen molar-refractivity contribution < 1.29 is 4.79 Å². The average molecular weight is 265 g/mol. The summed E-state index contributed by atoms with van der Waals surface area (Å²) in [6.07, 6.45) is 6.53. The Balaban J connectivity index is 1.70. The molecular formula is C13H23N5O. The van der Waals surface area contributed by atoms with E-state index in [2.05, 4.69) is 20.5 Å². The lowest BCUT2D eigenvalue weighted by Gasteiger charge is -2.21. The third-order valence-corrected chi connectivity index (χ3v) is 3.25. The molecule has 1 amide bonds. The number of nitrogens with one attached hydrogen (secondary N) is 2. The van der Waals surface area contributed by atoms with Crippen molar-refractivity contribution in [2.24, 2.45) is 0 Å². The highest BCUT2D eigenvalue weighted by Crippen LogP contribution is 1.96. The molecule has 0 spiro atoms. The minimum Gasteiger partial charge on any atom is -0.351 e. The number of imidazole rings is 1. The van der Waals surface area contributed by atoms with Gasteiger partial charge in [-0.05, 0) is 26.4 Å². The fourth-order valence-electron chi connectivity index (χ4n) is 2.34. The molecule has 106 valence electrons. The first kappa shape index (κ1) is 14.0. The van der Waals surface area contributed by atoms with Crippen LogP contribution in [0, 0.1) is 0 Å². The molecule has 1 unspecified atom stereocenters. The third kappa shape index (κ3) is 5.00. The van der Waals surface area contributed by atoms with Gasteiger partial charge in [-0.25, -0.2) is 4.98 Å². The number of carbonyl (C=O) groups is 1. The first-order valence-electron chi connectivity index (χ1n) is 6.92. The maximum Gasteiger partial charge on any atom is 0.234 e. The molecule has 0 saturated carbocycles. The Morgan fingerprint density at radius 3 is 3.16 bits per heavy atom. The molecule has 1 saturated heterocycles. The number of hydrogen-bond donors (Lipinski definition) is 2. The number of aromatic nitrogens is 2. The SMILES string of the molecule is CC(Cn1ccnc1)NC(=O)CN1CCCNCC1. The molecule has 19 heavy (non-hydrogen) atoms. The van der Waals surface area contributed by atoms with Crippen LogP contribution in [0.3, 0.4) is 0 Å². The van der Waals surface area contributed by atoms with E-state index in [9.17, 15) is 4.79 Å². The van der Waals surface area contributed by atoms with Crippen molar-refractivity contribution in [3.8, 4) is 0 Å². The number of nitrogens with zero attached hydrogens (tertiary/aromatic N) is 3. The molecule has 2 rings (SSSR count). The monoisotopic (exact) mass is 265 g/mol. The standard InChI is InChI=1S/C13H23N5O/c1-12(9-18-8-5-15-11-18)16-13(19)10-17-6-2-3-14-4-7-17/h5,8,11-12,14H,2-4,6-7,9-10H2,1H3,(H,16,19). The van der Waals surface area contributed by atoms with Crippen molar-refractivity contribution >= 4 is 5.91 Å². The van der Waals surface area contributed by atoms with Crippen LogP contribution in [0.25, 0.3) is 0 Å². The summed E-state index contributed by atoms with van der Waals surface area (Å²) in [6.45, 7) is 7.23. The number of hydrogen-bond acceptors (Lipinski definition) is 4. The van der Waals surface area contributed by atoms with Crippen molar-refractivity contribution in [2.45, 2.75) is 25.9 Å². The molecule has 0 bridgehead atoms. The van der Waals surface area contributed by atoms with Crippen LogP contribution in [0.1, 0.15) is 13.3 Å². The summed E-state index contributed by atoms with van der Waals surface area (Å²) in [6, 6.07) is 0.117. The van der Waals surface area contributed by atoms with Crippen LogP contribution in [0.15, 0.2) is 18.7 Å². The van der Waals surface area contributed by atoms with Gasteiger partial charge in [0.2, 0.25) is 5.91 Å². The van der Waals surface area contributed by atoms with Crippen LogP contribution in [-0.2, 0) is 11.3 Å². The van der Waals surface area contributed by atoms with Crippen LogP contribution in [0.4, 0.5) is 0 Å². The predicted octanol–water partition coefficient (Wildman–Crippen LogP) is -0.317. The highest BCUT2D eigenvalue weighted by molar-refractivity contribution is 5.78. The zero-order valence-electron chi connectivity index (χ0n) is 11.5. The summed E-state index contributed by atoms with van der Waals surface area (Å²) in [7, 11) is 0. The second kappa shape index (κ2) is 7.25. The Kier molecular flexibility index (Phi) is 5.35. The van der Waals surface area contributed by atoms with Crippen molar-refractivity contribution in [1.82, 2.24) is 25.1 Å². The predicted molar refractivity (Wildman–Crippen MR) is 73.8 cm³/mol. The maximum absolute atomic E-state index is 12.0. The first-order chi connectivity index (χ1) is 9.24. The summed E-state index contributed by atoms with van der Waals surface area (Å²) >= 11 is 0. The molecule has 1 aromatic rings. The normalized spacial score (nSPS) is 18.8. The number of carbonyl (C=O) groups excluding carboxylic acids is 1. The van der Waals surface area contributed by atoms with Crippen LogP contribution < -0.4 is 10.6 Å². The first-order valence-corrected chi connectivity index (χ1v) is 6.92. The molecule has 0 aliphatic carbocycles. The largest absolute Gasteiger partial charge is 0.351 e. The Hall–Kier alpha value is -1.40. The topological polar surface area (TPSA) is 62.2 Å². The third-order valence-electron chi connectivity index (χ3n) is 3.25. The summed E-state index contributed by atoms with van der Waals surface area (Å²) in [5.74, 6) is 0.106. The molecule has 1 aromatic heterocycles. The molecule has 1 aliphatic heterocycles. The van der Waals surface area contributed by atoms with E-state index in [4.69, 9.17) is 0 Å². The van der Waals surface area contributed by atoms with E-state index < -0.39 is 0 Å². The van der Waals surface area contributed by atoms with E-state index in [1.807, 2.05) is 17.7 Å². The van der Waals surface area contributed by atoms with Gasteiger partial charge in [0.05, 0.1) is 12.9 Å². The van der Waals surface area contributed by atoms with Gasteiger partial charge >= 0.3 is 0 Å². The molecule has 1 aliphatic rings. The van der Waals surface area contributed by atoms with Crippen molar-refractivity contribution in [3.63, 3.8) is 0 Å². The van der Waals surface area contributed by atoms with E-state index >= 15 is 0 Å². The van der Waals surface area contributed by atoms with E-state index in [0.29, 0.717) is 6.54 Å². The van der Waals surface area contributed by atoms with Gasteiger partial charge in [0.25, 0.3) is 0 Å². The van der Waals surface area contributed by atoms with Crippen LogP contribution in [0.5, 0.6) is 0 Å². The van der Waals surface area contributed by atoms with E-state index in [1.165, 1.54) is 0 Å². The zero-order valence-corrected chi connectivity index (χ0v) is 11.5. The molecule has 2 N–H and O–H groups in total. The second-order valence-electron chi connectivity index (χ2n) is 5.11. The Bertz CT molecular complexity index is 370. The minimum absolute atomic E-state index is 0.106. The van der Waals surface area contributed by atoms with Crippen molar-refractivity contribution in [1.29, 1.82) is 0 Å². The lowest BCUT2D eigenvalue weighted by Crippen LogP contribution is -2.43. The van der Waals surface area contributed by atoms with Gasteiger partial charge in [-0.2, -0.15) is 0 Å². The maximum atomic E-state index is 12.0. The summed E-state index contributed by atoms with van der Waals surface area (Å²) in [4.78, 5) is 18.2. The molecule has 6 heteroatoms. The number of rotatable bonds is 5. The molecule has 2 heterocycles. The molecule has 1 fully saturated rings. The van der Waals surface area contributed by atoms with Gasteiger partial charge in [0, 0.05) is 38.1 Å². The van der Waals surface area contributed by atoms with Crippen molar-refractivity contribution in [3.05, 3.63) is 18.7 Å². The van der Waals surface area contributed by atoms with E-state index in [0.717, 1.165) is 39.1 Å². The van der Waals surface area contributed by atoms with E-state index in [-0.39, 0.29) is 11.9 Å². The highest BCUT2D eigenvalue weighted by Gasteiger charge is 2.14. The average Bonchev–Trinajstić information content (AvgIpc) is 2.72. The molecule has 1 atom stereocenters. The smallest absolute Gasteiger partial charge is 0.234 e. The lowest BCUT2D eigenvalue weighted by atomic mass is 10.3. The number of amides is 1. The quantitative estimate of drug-likeness (QED) is 0.766. The van der Waals surface area contributed by atoms with Gasteiger partial charge in [-0.3, -0.25) is 9.69 Å². The molecule has 6 nitrogen and oxygen atoms in total. The van der Waals surface area contributed by atoms with Crippen LogP contribution >= 0.6 is 0 Å². The minimum atomic E-state index is 0.106. The highest BCUT2D eigenvalue weighted by atomic mass is 16.2. The summed E-state index contributed by atoms with van der Waals surface area (Å²) in [5.41, 5.74) is 0. The van der Waals surface area contributed by atoms with Gasteiger partial charge in [-0.1, -0.05) is 0 Å². The van der Waals surface area contributed by atoms with E-state index in [1.54, 1.807) is 12.5 Å². The van der Waals surface area contributed by atoms with Crippen molar-refractivity contribution in [2.75, 3.05) is 32.7 Å². The summed E-state index contributed by atoms with van der Waals surface area (Å²) in [5, 5.41) is 6.37. The van der Waals surface area contributed by atoms with Crippen LogP contribution in [0.2, 0.25) is 0 Å². The van der Waals surface area contributed by atoms with Gasteiger partial charge in [0.1, 0.15) is 0 Å². The Morgan fingerprint density at radius 1 is 1.47 bits per heavy atom. The Labute approximate surface area is 114 Å². The van der Waals surface area contributed by atoms with Gasteiger partial charge in [-0.15, -0.1) is 0 Å². The Morgan fingerprint density at radius 2 is 2.37 bits per heavy atom. The molecular weight excluding hydrogens is 242 g/mol. The lowest BCUT2D eigenvalue weighted by molar-refractivity contribution is -0.122. The zero-order chi connectivity index (χ0) is 13.5. The molecule has 0 radical (unpaired) electrons.